The average molecular weight is 347 g/mol. The second kappa shape index (κ2) is 6.20. The Morgan fingerprint density at radius 2 is 2.32 bits per heavy atom. The number of hydrogen-bond donors (Lipinski definition) is 1. The molecule has 0 spiro atoms. The van der Waals surface area contributed by atoms with E-state index in [0.717, 1.165) is 30.5 Å². The zero-order valence-electron chi connectivity index (χ0n) is 10.5. The minimum absolute atomic E-state index is 0. The Hall–Kier alpha value is -0.650. The van der Waals surface area contributed by atoms with Gasteiger partial charge in [-0.2, -0.15) is 0 Å². The topological polar surface area (TPSA) is 45.2 Å². The van der Waals surface area contributed by atoms with Crippen molar-refractivity contribution in [3.8, 4) is 0 Å². The number of fused-ring (bicyclic) bond motifs is 1. The molecule has 1 N–H and O–H groups in total. The van der Waals surface area contributed by atoms with Crippen LogP contribution in [-0.2, 0) is 0 Å². The Morgan fingerprint density at radius 1 is 1.47 bits per heavy atom. The summed E-state index contributed by atoms with van der Waals surface area (Å²) in [5.74, 6) is 0.665. The van der Waals surface area contributed by atoms with Crippen molar-refractivity contribution >= 4 is 34.2 Å². The van der Waals surface area contributed by atoms with Crippen molar-refractivity contribution in [2.75, 3.05) is 19.6 Å². The number of nitrogens with one attached hydrogen (secondary N) is 1. The van der Waals surface area contributed by atoms with E-state index in [1.54, 1.807) is 6.20 Å². The summed E-state index contributed by atoms with van der Waals surface area (Å²) in [5.41, 5.74) is 0.530. The van der Waals surface area contributed by atoms with Crippen molar-refractivity contribution in [1.82, 2.24) is 15.2 Å². The number of likely N-dealkylation sites (tertiary alicyclic amines) is 1. The zero-order valence-corrected chi connectivity index (χ0v) is 12.9. The highest BCUT2D eigenvalue weighted by atomic mass is 79.9. The van der Waals surface area contributed by atoms with Crippen LogP contribution in [0.4, 0.5) is 0 Å². The number of halogens is 2. The van der Waals surface area contributed by atoms with Gasteiger partial charge in [-0.25, -0.2) is 4.98 Å². The molecule has 6 heteroatoms. The first kappa shape index (κ1) is 14.8. The maximum absolute atomic E-state index is 12.4. The van der Waals surface area contributed by atoms with Gasteiger partial charge in [0.2, 0.25) is 0 Å². The van der Waals surface area contributed by atoms with Gasteiger partial charge >= 0.3 is 0 Å². The van der Waals surface area contributed by atoms with Crippen molar-refractivity contribution in [2.24, 2.45) is 5.92 Å². The van der Waals surface area contributed by atoms with Gasteiger partial charge in [0.05, 0.1) is 0 Å². The van der Waals surface area contributed by atoms with E-state index >= 15 is 0 Å². The average Bonchev–Trinajstić information content (AvgIpc) is 2.85. The second-order valence-electron chi connectivity index (χ2n) is 4.98. The number of hydrogen-bond acceptors (Lipinski definition) is 3. The molecule has 0 aliphatic carbocycles. The molecule has 2 saturated heterocycles. The summed E-state index contributed by atoms with van der Waals surface area (Å²) < 4.78 is 0.779. The molecule has 0 saturated carbocycles. The SMILES string of the molecule is Cl.O=C(c1ncccc1Br)N1CCC2NCCC2C1. The van der Waals surface area contributed by atoms with E-state index in [4.69, 9.17) is 0 Å². The molecule has 2 atom stereocenters. The predicted octanol–water partition coefficient (Wildman–Crippen LogP) is 2.09. The van der Waals surface area contributed by atoms with Gasteiger partial charge in [-0.1, -0.05) is 0 Å². The number of amides is 1. The maximum Gasteiger partial charge on any atom is 0.273 e. The van der Waals surface area contributed by atoms with Gasteiger partial charge in [0, 0.05) is 29.8 Å². The molecule has 2 unspecified atom stereocenters. The molecular weight excluding hydrogens is 330 g/mol. The fourth-order valence-corrected chi connectivity index (χ4v) is 3.35. The lowest BCUT2D eigenvalue weighted by Gasteiger charge is -2.34. The van der Waals surface area contributed by atoms with Crippen LogP contribution in [0.15, 0.2) is 22.8 Å². The van der Waals surface area contributed by atoms with Gasteiger partial charge in [-0.05, 0) is 53.4 Å². The Labute approximate surface area is 127 Å². The van der Waals surface area contributed by atoms with E-state index in [9.17, 15) is 4.79 Å². The van der Waals surface area contributed by atoms with Crippen LogP contribution in [0.2, 0.25) is 0 Å². The van der Waals surface area contributed by atoms with Crippen LogP contribution in [-0.4, -0.2) is 41.5 Å². The summed E-state index contributed by atoms with van der Waals surface area (Å²) in [4.78, 5) is 18.6. The lowest BCUT2D eigenvalue weighted by molar-refractivity contribution is 0.0655. The highest BCUT2D eigenvalue weighted by molar-refractivity contribution is 9.10. The van der Waals surface area contributed by atoms with Crippen molar-refractivity contribution in [3.63, 3.8) is 0 Å². The number of piperidine rings is 1. The molecule has 1 aromatic heterocycles. The van der Waals surface area contributed by atoms with Crippen LogP contribution in [0.25, 0.3) is 0 Å². The van der Waals surface area contributed by atoms with Crippen LogP contribution < -0.4 is 5.32 Å². The van der Waals surface area contributed by atoms with Crippen molar-refractivity contribution in [2.45, 2.75) is 18.9 Å². The lowest BCUT2D eigenvalue weighted by atomic mass is 9.93. The highest BCUT2D eigenvalue weighted by Crippen LogP contribution is 2.26. The molecule has 3 heterocycles. The molecule has 104 valence electrons. The quantitative estimate of drug-likeness (QED) is 0.847. The van der Waals surface area contributed by atoms with Gasteiger partial charge in [0.1, 0.15) is 5.69 Å². The van der Waals surface area contributed by atoms with Gasteiger partial charge in [0.15, 0.2) is 0 Å². The molecule has 1 amide bonds. The summed E-state index contributed by atoms with van der Waals surface area (Å²) in [6.07, 6.45) is 3.90. The molecule has 2 fully saturated rings. The molecule has 19 heavy (non-hydrogen) atoms. The van der Waals surface area contributed by atoms with E-state index in [-0.39, 0.29) is 18.3 Å². The molecule has 4 nitrogen and oxygen atoms in total. The fourth-order valence-electron chi connectivity index (χ4n) is 2.92. The fraction of sp³-hybridized carbons (Fsp3) is 0.538. The predicted molar refractivity (Wildman–Crippen MR) is 79.6 cm³/mol. The molecule has 0 bridgehead atoms. The van der Waals surface area contributed by atoms with Crippen molar-refractivity contribution in [3.05, 3.63) is 28.5 Å². The van der Waals surface area contributed by atoms with Crippen molar-refractivity contribution in [1.29, 1.82) is 0 Å². The summed E-state index contributed by atoms with van der Waals surface area (Å²) in [6.45, 7) is 2.78. The highest BCUT2D eigenvalue weighted by Gasteiger charge is 2.35. The van der Waals surface area contributed by atoms with Crippen molar-refractivity contribution < 1.29 is 4.79 Å². The minimum Gasteiger partial charge on any atom is -0.337 e. The maximum atomic E-state index is 12.4. The van der Waals surface area contributed by atoms with Gasteiger partial charge < -0.3 is 10.2 Å². The summed E-state index contributed by atoms with van der Waals surface area (Å²) in [5, 5.41) is 3.51. The van der Waals surface area contributed by atoms with Gasteiger partial charge in [-0.3, -0.25) is 4.79 Å². The van der Waals surface area contributed by atoms with Gasteiger partial charge in [-0.15, -0.1) is 12.4 Å². The molecule has 2 aliphatic rings. The number of carbonyl (C=O) groups is 1. The summed E-state index contributed by atoms with van der Waals surface area (Å²) >= 11 is 3.40. The zero-order chi connectivity index (χ0) is 12.5. The first-order chi connectivity index (χ1) is 8.75. The smallest absolute Gasteiger partial charge is 0.273 e. The molecule has 0 radical (unpaired) electrons. The molecular formula is C13H17BrClN3O. The van der Waals surface area contributed by atoms with E-state index < -0.39 is 0 Å². The minimum atomic E-state index is 0. The van der Waals surface area contributed by atoms with E-state index in [1.807, 2.05) is 17.0 Å². The third kappa shape index (κ3) is 2.93. The summed E-state index contributed by atoms with van der Waals surface area (Å²) in [6, 6.07) is 4.30. The largest absolute Gasteiger partial charge is 0.337 e. The van der Waals surface area contributed by atoms with Crippen LogP contribution in [0.1, 0.15) is 23.3 Å². The molecule has 0 aromatic carbocycles. The summed E-state index contributed by atoms with van der Waals surface area (Å²) in [7, 11) is 0. The van der Waals surface area contributed by atoms with Crippen LogP contribution in [0, 0.1) is 5.92 Å². The Balaban J connectivity index is 0.00000133. The molecule has 3 rings (SSSR count). The second-order valence-corrected chi connectivity index (χ2v) is 5.84. The first-order valence-electron chi connectivity index (χ1n) is 6.39. The van der Waals surface area contributed by atoms with Gasteiger partial charge in [0.25, 0.3) is 5.91 Å². The number of nitrogens with zero attached hydrogens (tertiary/aromatic N) is 2. The van der Waals surface area contributed by atoms with Crippen LogP contribution in [0.3, 0.4) is 0 Å². The Morgan fingerprint density at radius 3 is 3.11 bits per heavy atom. The van der Waals surface area contributed by atoms with Crippen LogP contribution >= 0.6 is 28.3 Å². The normalized spacial score (nSPS) is 25.6. The Bertz CT molecular complexity index is 471. The third-order valence-electron chi connectivity index (χ3n) is 3.90. The number of aromatic nitrogens is 1. The number of pyridine rings is 1. The molecule has 1 aromatic rings. The lowest BCUT2D eigenvalue weighted by Crippen LogP contribution is -2.47. The molecule has 2 aliphatic heterocycles. The Kier molecular flexibility index (Phi) is 4.81. The van der Waals surface area contributed by atoms with E-state index in [0.29, 0.717) is 17.7 Å². The standard InChI is InChI=1S/C13H16BrN3O.ClH/c14-10-2-1-5-16-12(10)13(18)17-7-4-11-9(8-17)3-6-15-11;/h1-2,5,9,11,15H,3-4,6-8H2;1H. The van der Waals surface area contributed by atoms with E-state index in [2.05, 4.69) is 26.2 Å². The first-order valence-corrected chi connectivity index (χ1v) is 7.18. The van der Waals surface area contributed by atoms with E-state index in [1.165, 1.54) is 6.42 Å². The number of carbonyl (C=O) groups excluding carboxylic acids is 1. The van der Waals surface area contributed by atoms with Crippen LogP contribution in [0.5, 0.6) is 0 Å². The third-order valence-corrected chi connectivity index (χ3v) is 4.54. The number of rotatable bonds is 1. The monoisotopic (exact) mass is 345 g/mol.